The molecule has 0 aliphatic heterocycles. The van der Waals surface area contributed by atoms with Crippen LogP contribution in [0.3, 0.4) is 0 Å². The molecule has 0 saturated heterocycles. The van der Waals surface area contributed by atoms with Crippen LogP contribution in [-0.4, -0.2) is 23.0 Å². The molecule has 0 aliphatic carbocycles. The molecule has 0 fully saturated rings. The fraction of sp³-hybridized carbons (Fsp3) is 0.400. The topological polar surface area (TPSA) is 70.9 Å². The van der Waals surface area contributed by atoms with Crippen molar-refractivity contribution in [3.8, 4) is 0 Å². The second-order valence-electron chi connectivity index (χ2n) is 5.47. The highest BCUT2D eigenvalue weighted by Gasteiger charge is 2.29. The number of fused-ring (bicyclic) bond motifs is 1. The first-order chi connectivity index (χ1) is 8.98. The van der Waals surface area contributed by atoms with E-state index in [4.69, 9.17) is 5.73 Å². The summed E-state index contributed by atoms with van der Waals surface area (Å²) in [4.78, 5) is 15.6. The van der Waals surface area contributed by atoms with E-state index in [9.17, 15) is 4.79 Å². The van der Waals surface area contributed by atoms with E-state index >= 15 is 0 Å². The highest BCUT2D eigenvalue weighted by atomic mass is 16.1. The minimum Gasteiger partial charge on any atom is -0.361 e. The number of carbonyl (C=O) groups excluding carboxylic acids is 1. The normalized spacial score (nSPS) is 14.6. The molecule has 1 aromatic carbocycles. The van der Waals surface area contributed by atoms with E-state index in [2.05, 4.69) is 24.1 Å². The largest absolute Gasteiger partial charge is 0.361 e. The zero-order valence-electron chi connectivity index (χ0n) is 11.7. The molecule has 0 bridgehead atoms. The molecule has 0 aliphatic rings. The van der Waals surface area contributed by atoms with Gasteiger partial charge in [-0.1, -0.05) is 19.9 Å². The van der Waals surface area contributed by atoms with Gasteiger partial charge in [0.15, 0.2) is 0 Å². The third-order valence-corrected chi connectivity index (χ3v) is 3.94. The number of benzene rings is 1. The Balaban J connectivity index is 2.32. The Kier molecular flexibility index (Phi) is 3.62. The highest BCUT2D eigenvalue weighted by molar-refractivity contribution is 6.06. The number of amides is 1. The molecule has 19 heavy (non-hydrogen) atoms. The van der Waals surface area contributed by atoms with Crippen molar-refractivity contribution in [1.82, 2.24) is 10.3 Å². The van der Waals surface area contributed by atoms with Gasteiger partial charge in [0.25, 0.3) is 5.91 Å². The third-order valence-electron chi connectivity index (χ3n) is 3.94. The van der Waals surface area contributed by atoms with Crippen LogP contribution < -0.4 is 11.1 Å². The third kappa shape index (κ3) is 2.49. The van der Waals surface area contributed by atoms with Gasteiger partial charge in [-0.05, 0) is 31.0 Å². The van der Waals surface area contributed by atoms with Crippen molar-refractivity contribution in [2.45, 2.75) is 26.3 Å². The van der Waals surface area contributed by atoms with Crippen molar-refractivity contribution in [2.24, 2.45) is 11.7 Å². The first-order valence-corrected chi connectivity index (χ1v) is 6.56. The first-order valence-electron chi connectivity index (χ1n) is 6.56. The van der Waals surface area contributed by atoms with Gasteiger partial charge in [-0.3, -0.25) is 4.79 Å². The molecule has 1 amide bonds. The van der Waals surface area contributed by atoms with Gasteiger partial charge < -0.3 is 16.0 Å². The Bertz CT molecular complexity index is 588. The second kappa shape index (κ2) is 5.05. The van der Waals surface area contributed by atoms with Gasteiger partial charge in [0.05, 0.1) is 5.54 Å². The zero-order chi connectivity index (χ0) is 14.0. The van der Waals surface area contributed by atoms with Gasteiger partial charge in [0.2, 0.25) is 0 Å². The van der Waals surface area contributed by atoms with Crippen LogP contribution in [0.2, 0.25) is 0 Å². The van der Waals surface area contributed by atoms with E-state index < -0.39 is 5.54 Å². The fourth-order valence-corrected chi connectivity index (χ4v) is 2.04. The number of nitrogens with two attached hydrogens (primary N) is 1. The molecule has 1 heterocycles. The molecule has 1 atom stereocenters. The van der Waals surface area contributed by atoms with Gasteiger partial charge in [0, 0.05) is 29.2 Å². The van der Waals surface area contributed by atoms with E-state index in [1.165, 1.54) is 0 Å². The lowest BCUT2D eigenvalue weighted by molar-refractivity contribution is 0.0885. The van der Waals surface area contributed by atoms with E-state index in [0.717, 1.165) is 10.9 Å². The molecular weight excluding hydrogens is 238 g/mol. The Morgan fingerprint density at radius 1 is 1.42 bits per heavy atom. The molecule has 102 valence electrons. The summed E-state index contributed by atoms with van der Waals surface area (Å²) >= 11 is 0. The van der Waals surface area contributed by atoms with Gasteiger partial charge >= 0.3 is 0 Å². The Labute approximate surface area is 113 Å². The van der Waals surface area contributed by atoms with Crippen LogP contribution in [-0.2, 0) is 0 Å². The molecule has 1 aromatic heterocycles. The standard InChI is InChI=1S/C15H21N3O/c1-10(2)15(3,9-16)18-14(19)12-5-4-6-13-11(12)7-8-17-13/h4-8,10,17H,9,16H2,1-3H3,(H,18,19). The molecule has 2 rings (SSSR count). The van der Waals surface area contributed by atoms with Gasteiger partial charge in [-0.15, -0.1) is 0 Å². The van der Waals surface area contributed by atoms with Crippen molar-refractivity contribution in [3.05, 3.63) is 36.0 Å². The maximum Gasteiger partial charge on any atom is 0.252 e. The summed E-state index contributed by atoms with van der Waals surface area (Å²) in [5.74, 6) is 0.193. The quantitative estimate of drug-likeness (QED) is 0.788. The number of hydrogen-bond acceptors (Lipinski definition) is 2. The van der Waals surface area contributed by atoms with Crippen LogP contribution in [0.5, 0.6) is 0 Å². The molecule has 0 radical (unpaired) electrons. The first kappa shape index (κ1) is 13.6. The number of aromatic nitrogens is 1. The van der Waals surface area contributed by atoms with E-state index in [-0.39, 0.29) is 11.8 Å². The summed E-state index contributed by atoms with van der Waals surface area (Å²) in [5, 5.41) is 4.00. The van der Waals surface area contributed by atoms with Crippen molar-refractivity contribution in [2.75, 3.05) is 6.54 Å². The highest BCUT2D eigenvalue weighted by Crippen LogP contribution is 2.20. The molecule has 4 N–H and O–H groups in total. The van der Waals surface area contributed by atoms with Crippen LogP contribution in [0.15, 0.2) is 30.5 Å². The Morgan fingerprint density at radius 2 is 2.16 bits per heavy atom. The molecule has 1 unspecified atom stereocenters. The molecule has 4 nitrogen and oxygen atoms in total. The lowest BCUT2D eigenvalue weighted by atomic mass is 9.88. The summed E-state index contributed by atoms with van der Waals surface area (Å²) in [6.45, 7) is 6.51. The minimum atomic E-state index is -0.393. The predicted octanol–water partition coefficient (Wildman–Crippen LogP) is 2.27. The average Bonchev–Trinajstić information content (AvgIpc) is 2.86. The summed E-state index contributed by atoms with van der Waals surface area (Å²) in [6, 6.07) is 7.59. The van der Waals surface area contributed by atoms with Crippen LogP contribution in [0.4, 0.5) is 0 Å². The Hall–Kier alpha value is -1.81. The number of carbonyl (C=O) groups is 1. The fourth-order valence-electron chi connectivity index (χ4n) is 2.04. The molecule has 0 spiro atoms. The van der Waals surface area contributed by atoms with Crippen molar-refractivity contribution >= 4 is 16.8 Å². The number of aromatic amines is 1. The van der Waals surface area contributed by atoms with Crippen LogP contribution in [0.25, 0.3) is 10.9 Å². The number of nitrogens with one attached hydrogen (secondary N) is 2. The predicted molar refractivity (Wildman–Crippen MR) is 78.1 cm³/mol. The average molecular weight is 259 g/mol. The van der Waals surface area contributed by atoms with Crippen molar-refractivity contribution in [3.63, 3.8) is 0 Å². The maximum absolute atomic E-state index is 12.5. The minimum absolute atomic E-state index is 0.0770. The van der Waals surface area contributed by atoms with Gasteiger partial charge in [0.1, 0.15) is 0 Å². The summed E-state index contributed by atoms with van der Waals surface area (Å²) in [6.07, 6.45) is 1.84. The van der Waals surface area contributed by atoms with Gasteiger partial charge in [-0.2, -0.15) is 0 Å². The summed E-state index contributed by atoms with van der Waals surface area (Å²) < 4.78 is 0. The van der Waals surface area contributed by atoms with Crippen molar-refractivity contribution in [1.29, 1.82) is 0 Å². The number of H-pyrrole nitrogens is 1. The van der Waals surface area contributed by atoms with Crippen molar-refractivity contribution < 1.29 is 4.79 Å². The van der Waals surface area contributed by atoms with Crippen LogP contribution in [0, 0.1) is 5.92 Å². The van der Waals surface area contributed by atoms with E-state index in [1.54, 1.807) is 0 Å². The van der Waals surface area contributed by atoms with Crippen LogP contribution >= 0.6 is 0 Å². The number of hydrogen-bond donors (Lipinski definition) is 3. The monoisotopic (exact) mass is 259 g/mol. The molecule has 2 aromatic rings. The van der Waals surface area contributed by atoms with Crippen LogP contribution in [0.1, 0.15) is 31.1 Å². The van der Waals surface area contributed by atoms with E-state index in [1.807, 2.05) is 37.4 Å². The zero-order valence-corrected chi connectivity index (χ0v) is 11.7. The summed E-state index contributed by atoms with van der Waals surface area (Å²) in [5.41, 5.74) is 7.06. The smallest absolute Gasteiger partial charge is 0.252 e. The lowest BCUT2D eigenvalue weighted by Crippen LogP contribution is -2.55. The lowest BCUT2D eigenvalue weighted by Gasteiger charge is -2.33. The molecular formula is C15H21N3O. The summed E-state index contributed by atoms with van der Waals surface area (Å²) in [7, 11) is 0. The Morgan fingerprint density at radius 3 is 2.79 bits per heavy atom. The SMILES string of the molecule is CC(C)C(C)(CN)NC(=O)c1cccc2[nH]ccc12. The maximum atomic E-state index is 12.5. The van der Waals surface area contributed by atoms with Gasteiger partial charge in [-0.25, -0.2) is 0 Å². The van der Waals surface area contributed by atoms with E-state index in [0.29, 0.717) is 12.1 Å². The number of rotatable bonds is 4. The molecule has 4 heteroatoms. The second-order valence-corrected chi connectivity index (χ2v) is 5.47. The molecule has 0 saturated carbocycles.